The molecule has 2 amide bonds. The zero-order valence-corrected chi connectivity index (χ0v) is 15.8. The van der Waals surface area contributed by atoms with Gasteiger partial charge in [-0.3, -0.25) is 9.59 Å². The maximum Gasteiger partial charge on any atom is 0.289 e. The lowest BCUT2D eigenvalue weighted by atomic mass is 9.96. The first kappa shape index (κ1) is 18.9. The van der Waals surface area contributed by atoms with Crippen LogP contribution in [0, 0.1) is 11.7 Å². The molecule has 0 bridgehead atoms. The number of anilines is 1. The van der Waals surface area contributed by atoms with Gasteiger partial charge in [-0.2, -0.15) is 0 Å². The second-order valence-corrected chi connectivity index (χ2v) is 7.09. The van der Waals surface area contributed by atoms with Crippen LogP contribution in [-0.4, -0.2) is 29.8 Å². The molecule has 2 aromatic carbocycles. The number of para-hydroxylation sites is 1. The predicted molar refractivity (Wildman–Crippen MR) is 108 cm³/mol. The lowest BCUT2D eigenvalue weighted by molar-refractivity contribution is -0.121. The van der Waals surface area contributed by atoms with E-state index in [9.17, 15) is 14.0 Å². The second kappa shape index (κ2) is 8.31. The molecule has 0 saturated carbocycles. The van der Waals surface area contributed by atoms with Gasteiger partial charge in [0, 0.05) is 18.8 Å². The number of carbonyl (C=O) groups excluding carboxylic acids is 2. The van der Waals surface area contributed by atoms with Gasteiger partial charge < -0.3 is 14.6 Å². The minimum Gasteiger partial charge on any atom is -0.451 e. The van der Waals surface area contributed by atoms with Crippen LogP contribution in [0.25, 0.3) is 11.3 Å². The van der Waals surface area contributed by atoms with Crippen molar-refractivity contribution in [2.45, 2.75) is 12.8 Å². The number of rotatable bonds is 4. The minimum atomic E-state index is -0.406. The summed E-state index contributed by atoms with van der Waals surface area (Å²) in [5, 5.41) is 2.90. The monoisotopic (exact) mass is 392 g/mol. The molecule has 1 unspecified atom stereocenters. The summed E-state index contributed by atoms with van der Waals surface area (Å²) in [5.74, 6) is -0.621. The maximum absolute atomic E-state index is 14.0. The molecule has 3 aromatic rings. The number of furan rings is 1. The van der Waals surface area contributed by atoms with Crippen molar-refractivity contribution in [1.82, 2.24) is 4.90 Å². The number of amides is 2. The van der Waals surface area contributed by atoms with E-state index in [1.165, 1.54) is 6.07 Å². The third-order valence-electron chi connectivity index (χ3n) is 5.08. The van der Waals surface area contributed by atoms with Crippen LogP contribution < -0.4 is 5.32 Å². The number of carbonyl (C=O) groups is 2. The second-order valence-electron chi connectivity index (χ2n) is 7.09. The highest BCUT2D eigenvalue weighted by molar-refractivity contribution is 5.95. The molecule has 1 atom stereocenters. The molecule has 6 heteroatoms. The molecule has 0 aliphatic carbocycles. The quantitative estimate of drug-likeness (QED) is 0.707. The summed E-state index contributed by atoms with van der Waals surface area (Å²) in [6.45, 7) is 0.886. The molecule has 0 spiro atoms. The predicted octanol–water partition coefficient (Wildman–Crippen LogP) is 4.58. The van der Waals surface area contributed by atoms with Gasteiger partial charge in [-0.05, 0) is 49.2 Å². The fraction of sp³-hybridized carbons (Fsp3) is 0.217. The molecular weight excluding hydrogens is 371 g/mol. The number of hydrogen-bond acceptors (Lipinski definition) is 3. The van der Waals surface area contributed by atoms with E-state index in [0.717, 1.165) is 18.5 Å². The first-order valence-corrected chi connectivity index (χ1v) is 9.62. The van der Waals surface area contributed by atoms with Crippen LogP contribution in [0.15, 0.2) is 71.1 Å². The molecule has 1 fully saturated rings. The van der Waals surface area contributed by atoms with Crippen LogP contribution in [0.5, 0.6) is 0 Å². The van der Waals surface area contributed by atoms with Gasteiger partial charge in [0.25, 0.3) is 5.91 Å². The van der Waals surface area contributed by atoms with E-state index >= 15 is 0 Å². The summed E-state index contributed by atoms with van der Waals surface area (Å²) in [7, 11) is 0. The summed E-state index contributed by atoms with van der Waals surface area (Å²) in [5.41, 5.74) is 1.05. The van der Waals surface area contributed by atoms with Crippen molar-refractivity contribution in [2.75, 3.05) is 18.4 Å². The number of benzene rings is 2. The van der Waals surface area contributed by atoms with Gasteiger partial charge >= 0.3 is 0 Å². The van der Waals surface area contributed by atoms with Gasteiger partial charge in [-0.1, -0.05) is 30.3 Å². The topological polar surface area (TPSA) is 62.6 Å². The van der Waals surface area contributed by atoms with E-state index in [4.69, 9.17) is 4.42 Å². The number of nitrogens with one attached hydrogen (secondary N) is 1. The van der Waals surface area contributed by atoms with Crippen LogP contribution in [-0.2, 0) is 4.79 Å². The first-order valence-electron chi connectivity index (χ1n) is 9.62. The Hall–Kier alpha value is -3.41. The van der Waals surface area contributed by atoms with Crippen molar-refractivity contribution < 1.29 is 18.4 Å². The average molecular weight is 392 g/mol. The largest absolute Gasteiger partial charge is 0.451 e. The van der Waals surface area contributed by atoms with Crippen LogP contribution in [0.2, 0.25) is 0 Å². The van der Waals surface area contributed by atoms with Gasteiger partial charge in [0.2, 0.25) is 5.91 Å². The number of piperidine rings is 1. The van der Waals surface area contributed by atoms with E-state index in [-0.39, 0.29) is 23.5 Å². The molecule has 148 valence electrons. The van der Waals surface area contributed by atoms with Crippen LogP contribution >= 0.6 is 0 Å². The third kappa shape index (κ3) is 4.21. The summed E-state index contributed by atoms with van der Waals surface area (Å²) in [6, 6.07) is 18.7. The van der Waals surface area contributed by atoms with E-state index in [1.54, 1.807) is 35.2 Å². The summed E-state index contributed by atoms with van der Waals surface area (Å²) >= 11 is 0. The molecule has 1 aromatic heterocycles. The van der Waals surface area contributed by atoms with Gasteiger partial charge in [0.05, 0.1) is 11.5 Å². The third-order valence-corrected chi connectivity index (χ3v) is 5.08. The highest BCUT2D eigenvalue weighted by Gasteiger charge is 2.30. The normalized spacial score (nSPS) is 16.4. The average Bonchev–Trinajstić information content (AvgIpc) is 3.24. The number of halogens is 1. The Morgan fingerprint density at radius 1 is 1.00 bits per heavy atom. The zero-order valence-electron chi connectivity index (χ0n) is 15.8. The molecule has 0 radical (unpaired) electrons. The molecule has 4 rings (SSSR count). The Bertz CT molecular complexity index is 1020. The Morgan fingerprint density at radius 3 is 2.55 bits per heavy atom. The standard InChI is InChI=1S/C23H21FN2O3/c24-19-11-5-4-10-18(19)20-12-13-21(29-20)23(28)26-14-6-7-16(15-26)22(27)25-17-8-2-1-3-9-17/h1-5,8-13,16H,6-7,14-15H2,(H,25,27). The maximum atomic E-state index is 14.0. The van der Waals surface area contributed by atoms with Gasteiger partial charge in [0.1, 0.15) is 11.6 Å². The van der Waals surface area contributed by atoms with Crippen LogP contribution in [0.3, 0.4) is 0 Å². The molecule has 2 heterocycles. The number of nitrogens with zero attached hydrogens (tertiary/aromatic N) is 1. The van der Waals surface area contributed by atoms with Crippen molar-refractivity contribution >= 4 is 17.5 Å². The van der Waals surface area contributed by atoms with E-state index in [1.807, 2.05) is 30.3 Å². The minimum absolute atomic E-state index is 0.0970. The van der Waals surface area contributed by atoms with Gasteiger partial charge in [0.15, 0.2) is 5.76 Å². The van der Waals surface area contributed by atoms with Crippen molar-refractivity contribution in [1.29, 1.82) is 0 Å². The molecular formula is C23H21FN2O3. The number of hydrogen-bond donors (Lipinski definition) is 1. The molecule has 1 aliphatic rings. The first-order chi connectivity index (χ1) is 14.1. The SMILES string of the molecule is O=C(Nc1ccccc1)C1CCCN(C(=O)c2ccc(-c3ccccc3F)o2)C1. The highest BCUT2D eigenvalue weighted by atomic mass is 19.1. The lowest BCUT2D eigenvalue weighted by Gasteiger charge is -2.31. The molecule has 1 saturated heterocycles. The molecule has 1 aliphatic heterocycles. The zero-order chi connectivity index (χ0) is 20.2. The van der Waals surface area contributed by atoms with Crippen molar-refractivity contribution in [3.63, 3.8) is 0 Å². The van der Waals surface area contributed by atoms with Gasteiger partial charge in [-0.25, -0.2) is 4.39 Å². The van der Waals surface area contributed by atoms with Crippen molar-refractivity contribution in [2.24, 2.45) is 5.92 Å². The summed E-state index contributed by atoms with van der Waals surface area (Å²) in [4.78, 5) is 27.1. The summed E-state index contributed by atoms with van der Waals surface area (Å²) in [6.07, 6.45) is 1.46. The Balaban J connectivity index is 1.44. The van der Waals surface area contributed by atoms with Crippen molar-refractivity contribution in [3.8, 4) is 11.3 Å². The smallest absolute Gasteiger partial charge is 0.289 e. The van der Waals surface area contributed by atoms with E-state index in [2.05, 4.69) is 5.32 Å². The van der Waals surface area contributed by atoms with E-state index in [0.29, 0.717) is 24.4 Å². The molecule has 5 nitrogen and oxygen atoms in total. The summed E-state index contributed by atoms with van der Waals surface area (Å²) < 4.78 is 19.6. The van der Waals surface area contributed by atoms with Gasteiger partial charge in [-0.15, -0.1) is 0 Å². The highest BCUT2D eigenvalue weighted by Crippen LogP contribution is 2.27. The molecule has 29 heavy (non-hydrogen) atoms. The fourth-order valence-electron chi connectivity index (χ4n) is 3.56. The van der Waals surface area contributed by atoms with Crippen LogP contribution in [0.4, 0.5) is 10.1 Å². The van der Waals surface area contributed by atoms with E-state index < -0.39 is 5.82 Å². The van der Waals surface area contributed by atoms with Crippen molar-refractivity contribution in [3.05, 3.63) is 78.3 Å². The Morgan fingerprint density at radius 2 is 1.76 bits per heavy atom. The fourth-order valence-corrected chi connectivity index (χ4v) is 3.56. The Kier molecular flexibility index (Phi) is 5.42. The Labute approximate surface area is 168 Å². The van der Waals surface area contributed by atoms with Crippen LogP contribution in [0.1, 0.15) is 23.4 Å². The molecule has 1 N–H and O–H groups in total. The number of likely N-dealkylation sites (tertiary alicyclic amines) is 1. The lowest BCUT2D eigenvalue weighted by Crippen LogP contribution is -2.43.